The van der Waals surface area contributed by atoms with Crippen molar-refractivity contribution in [2.45, 2.75) is 43.9 Å². The molecule has 12 aromatic rings. The van der Waals surface area contributed by atoms with E-state index in [-0.39, 0.29) is 10.8 Å². The number of hydrogen-bond donors (Lipinski definition) is 0. The molecule has 0 atom stereocenters. The minimum Gasteiger partial charge on any atom is -0.456 e. The van der Waals surface area contributed by atoms with E-state index in [9.17, 15) is 0 Å². The maximum Gasteiger partial charge on any atom is 0.136 e. The minimum atomic E-state index is -0.562. The Morgan fingerprint density at radius 2 is 0.877 bits per heavy atom. The van der Waals surface area contributed by atoms with Crippen LogP contribution in [0.2, 0.25) is 0 Å². The Labute approximate surface area is 426 Å². The number of rotatable bonds is 6. The highest BCUT2D eigenvalue weighted by Crippen LogP contribution is 2.59. The van der Waals surface area contributed by atoms with Gasteiger partial charge in [0.2, 0.25) is 0 Å². The maximum absolute atomic E-state index is 6.91. The lowest BCUT2D eigenvalue weighted by molar-refractivity contribution is 0.647. The minimum absolute atomic E-state index is 0.135. The lowest BCUT2D eigenvalue weighted by Crippen LogP contribution is -2.28. The molecule has 1 heterocycles. The van der Waals surface area contributed by atoms with Crippen LogP contribution in [0.3, 0.4) is 0 Å². The van der Waals surface area contributed by atoms with E-state index >= 15 is 0 Å². The summed E-state index contributed by atoms with van der Waals surface area (Å²) in [4.78, 5) is 2.54. The Kier molecular flexibility index (Phi) is 8.72. The molecule has 0 fully saturated rings. The molecule has 15 rings (SSSR count). The van der Waals surface area contributed by atoms with Crippen molar-refractivity contribution < 1.29 is 4.42 Å². The molecule has 2 nitrogen and oxygen atoms in total. The van der Waals surface area contributed by atoms with Crippen molar-refractivity contribution in [3.8, 4) is 44.5 Å². The fourth-order valence-corrected chi connectivity index (χ4v) is 13.9. The summed E-state index contributed by atoms with van der Waals surface area (Å²) >= 11 is 0. The van der Waals surface area contributed by atoms with Gasteiger partial charge < -0.3 is 9.32 Å². The van der Waals surface area contributed by atoms with Crippen molar-refractivity contribution >= 4 is 49.8 Å². The molecule has 3 aliphatic carbocycles. The zero-order valence-corrected chi connectivity index (χ0v) is 41.4. The molecule has 1 aromatic heterocycles. The lowest BCUT2D eigenvalue weighted by Gasteiger charge is -2.35. The van der Waals surface area contributed by atoms with E-state index in [0.29, 0.717) is 0 Å². The third kappa shape index (κ3) is 5.69. The summed E-state index contributed by atoms with van der Waals surface area (Å²) in [6.07, 6.45) is 0. The first kappa shape index (κ1) is 42.0. The van der Waals surface area contributed by atoms with Crippen LogP contribution in [-0.2, 0) is 16.2 Å². The number of nitrogens with zero attached hydrogens (tertiary/aromatic N) is 1. The summed E-state index contributed by atoms with van der Waals surface area (Å²) in [5.74, 6) is 0. The standard InChI is InChI=1S/C71H51NO/c1-69(2)59-30-16-13-27-51(59)57-42-58-66(43-62(57)69)73-65-33-19-29-55(67(58)65)54-28-15-18-32-64(54)72(47-36-39-53-56-37-34-44-20-11-12-25-49(44)68(56)70(3,4)61(53)40-47)48-35-38-52-50-26-14-17-31-60(50)71(63(52)41-48,45-21-7-5-8-22-45)46-23-9-6-10-24-46/h5-43H,1-4H3. The van der Waals surface area contributed by atoms with Gasteiger partial charge in [0, 0.05) is 38.5 Å². The van der Waals surface area contributed by atoms with Crippen LogP contribution in [0.15, 0.2) is 241 Å². The first-order chi connectivity index (χ1) is 35.7. The van der Waals surface area contributed by atoms with Crippen LogP contribution in [0.5, 0.6) is 0 Å². The summed E-state index contributed by atoms with van der Waals surface area (Å²) in [6.45, 7) is 9.50. The van der Waals surface area contributed by atoms with Crippen molar-refractivity contribution in [3.05, 3.63) is 281 Å². The van der Waals surface area contributed by atoms with E-state index in [4.69, 9.17) is 4.42 Å². The molecule has 11 aromatic carbocycles. The molecule has 0 radical (unpaired) electrons. The van der Waals surface area contributed by atoms with Crippen LogP contribution >= 0.6 is 0 Å². The molecule has 3 aliphatic rings. The van der Waals surface area contributed by atoms with Crippen molar-refractivity contribution in [3.63, 3.8) is 0 Å². The van der Waals surface area contributed by atoms with Gasteiger partial charge in [0.1, 0.15) is 11.2 Å². The van der Waals surface area contributed by atoms with Crippen molar-refractivity contribution in [2.24, 2.45) is 0 Å². The molecule has 0 bridgehead atoms. The molecule has 2 heteroatoms. The normalized spacial score (nSPS) is 14.9. The van der Waals surface area contributed by atoms with Gasteiger partial charge in [-0.1, -0.05) is 216 Å². The molecule has 0 spiro atoms. The number of hydrogen-bond acceptors (Lipinski definition) is 2. The van der Waals surface area contributed by atoms with Gasteiger partial charge in [0.15, 0.2) is 0 Å². The van der Waals surface area contributed by atoms with Gasteiger partial charge in [-0.25, -0.2) is 0 Å². The van der Waals surface area contributed by atoms with E-state index < -0.39 is 5.41 Å². The molecule has 0 amide bonds. The second-order valence-corrected chi connectivity index (χ2v) is 21.5. The number of furan rings is 1. The highest BCUT2D eigenvalue weighted by Gasteiger charge is 2.47. The summed E-state index contributed by atoms with van der Waals surface area (Å²) in [5.41, 5.74) is 24.6. The fourth-order valence-electron chi connectivity index (χ4n) is 13.9. The van der Waals surface area contributed by atoms with Crippen LogP contribution in [0.4, 0.5) is 17.1 Å². The quantitative estimate of drug-likeness (QED) is 0.165. The van der Waals surface area contributed by atoms with Crippen molar-refractivity contribution in [1.29, 1.82) is 0 Å². The SMILES string of the molecule is CC1(C)c2ccccc2-c2cc3c(cc21)oc1cccc(-c2ccccc2N(c2ccc4c(c2)C(C)(C)c2c-4ccc4ccccc24)c2ccc4c(c2)C(c2ccccc2)(c2ccccc2)c2ccccc2-4)c13. The topological polar surface area (TPSA) is 16.4 Å². The second kappa shape index (κ2) is 15.2. The fraction of sp³-hybridized carbons (Fsp3) is 0.0986. The smallest absolute Gasteiger partial charge is 0.136 e. The average molecular weight is 934 g/mol. The molecule has 346 valence electrons. The Balaban J connectivity index is 0.997. The van der Waals surface area contributed by atoms with Gasteiger partial charge in [0.05, 0.1) is 11.1 Å². The van der Waals surface area contributed by atoms with E-state index in [2.05, 4.69) is 269 Å². The first-order valence-corrected chi connectivity index (χ1v) is 25.7. The van der Waals surface area contributed by atoms with Crippen LogP contribution in [0.25, 0.3) is 77.2 Å². The Morgan fingerprint density at radius 1 is 0.329 bits per heavy atom. The molecule has 73 heavy (non-hydrogen) atoms. The predicted octanol–water partition coefficient (Wildman–Crippen LogP) is 18.9. The van der Waals surface area contributed by atoms with E-state index in [1.807, 2.05) is 0 Å². The maximum atomic E-state index is 6.91. The monoisotopic (exact) mass is 933 g/mol. The molecular weight excluding hydrogens is 883 g/mol. The van der Waals surface area contributed by atoms with Gasteiger partial charge in [-0.2, -0.15) is 0 Å². The van der Waals surface area contributed by atoms with E-state index in [1.165, 1.54) is 88.7 Å². The third-order valence-electron chi connectivity index (χ3n) is 17.1. The van der Waals surface area contributed by atoms with Crippen LogP contribution in [0.1, 0.15) is 72.2 Å². The van der Waals surface area contributed by atoms with Gasteiger partial charge in [-0.3, -0.25) is 0 Å². The number of fused-ring (bicyclic) bond motifs is 14. The molecular formula is C71H51NO. The van der Waals surface area contributed by atoms with Gasteiger partial charge in [-0.15, -0.1) is 0 Å². The predicted molar refractivity (Wildman–Crippen MR) is 304 cm³/mol. The average Bonchev–Trinajstić information content (AvgIpc) is 4.10. The van der Waals surface area contributed by atoms with Crippen molar-refractivity contribution in [1.82, 2.24) is 0 Å². The van der Waals surface area contributed by atoms with Crippen LogP contribution in [0, 0.1) is 0 Å². The highest BCUT2D eigenvalue weighted by atomic mass is 16.3. The highest BCUT2D eigenvalue weighted by molar-refractivity contribution is 6.15. The summed E-state index contributed by atoms with van der Waals surface area (Å²) < 4.78 is 6.91. The summed E-state index contributed by atoms with van der Waals surface area (Å²) in [7, 11) is 0. The van der Waals surface area contributed by atoms with Crippen LogP contribution < -0.4 is 4.90 Å². The van der Waals surface area contributed by atoms with Crippen molar-refractivity contribution in [2.75, 3.05) is 4.90 Å². The summed E-state index contributed by atoms with van der Waals surface area (Å²) in [6, 6.07) is 88.5. The Bertz CT molecular complexity index is 4230. The molecule has 0 saturated carbocycles. The Hall–Kier alpha value is -8.72. The number of benzene rings is 11. The molecule has 0 unspecified atom stereocenters. The Morgan fingerprint density at radius 3 is 1.62 bits per heavy atom. The van der Waals surface area contributed by atoms with Gasteiger partial charge in [-0.05, 0) is 143 Å². The van der Waals surface area contributed by atoms with Gasteiger partial charge >= 0.3 is 0 Å². The number of anilines is 3. The van der Waals surface area contributed by atoms with E-state index in [0.717, 1.165) is 50.1 Å². The zero-order chi connectivity index (χ0) is 48.8. The lowest BCUT2D eigenvalue weighted by atomic mass is 9.67. The molecule has 0 saturated heterocycles. The van der Waals surface area contributed by atoms with E-state index in [1.54, 1.807) is 0 Å². The zero-order valence-electron chi connectivity index (χ0n) is 41.4. The largest absolute Gasteiger partial charge is 0.456 e. The third-order valence-corrected chi connectivity index (χ3v) is 17.1. The second-order valence-electron chi connectivity index (χ2n) is 21.5. The summed E-state index contributed by atoms with van der Waals surface area (Å²) in [5, 5.41) is 4.85. The molecule has 0 N–H and O–H groups in total. The molecule has 0 aliphatic heterocycles. The first-order valence-electron chi connectivity index (χ1n) is 25.7. The van der Waals surface area contributed by atoms with Gasteiger partial charge in [0.25, 0.3) is 0 Å². The number of para-hydroxylation sites is 1. The van der Waals surface area contributed by atoms with Crippen LogP contribution in [-0.4, -0.2) is 0 Å².